The van der Waals surface area contributed by atoms with Gasteiger partial charge in [-0.3, -0.25) is 4.79 Å². The van der Waals surface area contributed by atoms with E-state index >= 15 is 0 Å². The lowest BCUT2D eigenvalue weighted by Gasteiger charge is -2.15. The molecule has 1 unspecified atom stereocenters. The van der Waals surface area contributed by atoms with Crippen molar-refractivity contribution in [1.82, 2.24) is 0 Å². The highest BCUT2D eigenvalue weighted by Crippen LogP contribution is 2.11. The summed E-state index contributed by atoms with van der Waals surface area (Å²) < 4.78 is 11.1. The molecule has 0 aromatic rings. The van der Waals surface area contributed by atoms with Crippen LogP contribution < -0.4 is 0 Å². The van der Waals surface area contributed by atoms with Crippen LogP contribution in [0, 0.1) is 0 Å². The molecule has 1 N–H and O–H groups in total. The summed E-state index contributed by atoms with van der Waals surface area (Å²) in [7, 11) is 0. The van der Waals surface area contributed by atoms with Crippen molar-refractivity contribution >= 4 is 5.97 Å². The van der Waals surface area contributed by atoms with E-state index in [0.29, 0.717) is 13.0 Å². The summed E-state index contributed by atoms with van der Waals surface area (Å²) >= 11 is 0. The first-order valence-electron chi connectivity index (χ1n) is 21.3. The Bertz CT molecular complexity index is 980. The largest absolute Gasteiger partial charge is 0.457 e. The van der Waals surface area contributed by atoms with Gasteiger partial charge in [0.05, 0.1) is 13.2 Å². The van der Waals surface area contributed by atoms with Crippen molar-refractivity contribution in [3.63, 3.8) is 0 Å². The van der Waals surface area contributed by atoms with Gasteiger partial charge in [-0.15, -0.1) is 0 Å². The molecule has 0 aliphatic rings. The van der Waals surface area contributed by atoms with Crippen molar-refractivity contribution in [2.45, 2.75) is 180 Å². The van der Waals surface area contributed by atoms with Gasteiger partial charge in [-0.25, -0.2) is 0 Å². The zero-order valence-corrected chi connectivity index (χ0v) is 33.8. The van der Waals surface area contributed by atoms with E-state index in [1.165, 1.54) is 64.2 Å². The number of aliphatic hydroxyl groups is 1. The van der Waals surface area contributed by atoms with Gasteiger partial charge < -0.3 is 14.6 Å². The predicted octanol–water partition coefficient (Wildman–Crippen LogP) is 14.1. The number of ether oxygens (including phenoxy) is 2. The lowest BCUT2D eigenvalue weighted by atomic mass is 10.1. The summed E-state index contributed by atoms with van der Waals surface area (Å²) in [4.78, 5) is 12.2. The second-order valence-electron chi connectivity index (χ2n) is 13.7. The van der Waals surface area contributed by atoms with E-state index in [1.807, 2.05) is 0 Å². The van der Waals surface area contributed by atoms with Gasteiger partial charge in [0.15, 0.2) is 0 Å². The van der Waals surface area contributed by atoms with E-state index in [1.54, 1.807) is 0 Å². The molecule has 296 valence electrons. The van der Waals surface area contributed by atoms with E-state index in [0.717, 1.165) is 89.9 Å². The van der Waals surface area contributed by atoms with E-state index in [4.69, 9.17) is 9.47 Å². The molecule has 1 atom stereocenters. The highest BCUT2D eigenvalue weighted by Gasteiger charge is 2.13. The number of aliphatic hydroxyl groups excluding tert-OH is 1. The summed E-state index contributed by atoms with van der Waals surface area (Å²) in [5.41, 5.74) is 0. The van der Waals surface area contributed by atoms with Crippen molar-refractivity contribution in [3.05, 3.63) is 97.2 Å². The Kier molecular flexibility index (Phi) is 42.2. The minimum Gasteiger partial charge on any atom is -0.457 e. The van der Waals surface area contributed by atoms with Crippen LogP contribution in [0.5, 0.6) is 0 Å². The van der Waals surface area contributed by atoms with Crippen molar-refractivity contribution < 1.29 is 19.4 Å². The highest BCUT2D eigenvalue weighted by atomic mass is 16.6. The third-order valence-corrected chi connectivity index (χ3v) is 8.64. The average molecular weight is 721 g/mol. The van der Waals surface area contributed by atoms with Gasteiger partial charge in [0, 0.05) is 13.0 Å². The SMILES string of the molecule is CC/C=C\C/C=C\C/C=C\C/C=C\C/C=C\C/C=C\CCCCCCCOCC(CO)OC(=O)CCCCCCC/C=C\C/C=C\CCCCCC. The molecule has 0 aromatic heterocycles. The molecule has 0 spiro atoms. The molecule has 0 aromatic carbocycles. The maximum Gasteiger partial charge on any atom is 0.306 e. The Labute approximate surface area is 322 Å². The van der Waals surface area contributed by atoms with Gasteiger partial charge in [0.1, 0.15) is 6.10 Å². The molecule has 4 nitrogen and oxygen atoms in total. The normalized spacial score (nSPS) is 13.4. The van der Waals surface area contributed by atoms with Gasteiger partial charge >= 0.3 is 5.97 Å². The molecule has 0 rings (SSSR count). The molecular weight excluding hydrogens is 641 g/mol. The summed E-state index contributed by atoms with van der Waals surface area (Å²) in [6.45, 7) is 5.14. The topological polar surface area (TPSA) is 55.8 Å². The fourth-order valence-corrected chi connectivity index (χ4v) is 5.48. The van der Waals surface area contributed by atoms with Crippen LogP contribution in [0.4, 0.5) is 0 Å². The summed E-state index contributed by atoms with van der Waals surface area (Å²) in [6, 6.07) is 0. The molecule has 0 heterocycles. The minimum atomic E-state index is -0.559. The minimum absolute atomic E-state index is 0.192. The Morgan fingerprint density at radius 3 is 1.31 bits per heavy atom. The number of carbonyl (C=O) groups is 1. The number of hydrogen-bond acceptors (Lipinski definition) is 4. The van der Waals surface area contributed by atoms with Gasteiger partial charge in [0.25, 0.3) is 0 Å². The summed E-state index contributed by atoms with van der Waals surface area (Å²) in [5, 5.41) is 9.60. The van der Waals surface area contributed by atoms with Crippen molar-refractivity contribution in [2.75, 3.05) is 19.8 Å². The van der Waals surface area contributed by atoms with Crippen LogP contribution in [-0.4, -0.2) is 37.0 Å². The van der Waals surface area contributed by atoms with E-state index < -0.39 is 6.10 Å². The zero-order chi connectivity index (χ0) is 37.7. The Morgan fingerprint density at radius 2 is 0.865 bits per heavy atom. The molecule has 0 radical (unpaired) electrons. The van der Waals surface area contributed by atoms with Crippen LogP contribution in [0.1, 0.15) is 174 Å². The third kappa shape index (κ3) is 41.7. The molecule has 0 aliphatic carbocycles. The molecule has 0 amide bonds. The van der Waals surface area contributed by atoms with Crippen molar-refractivity contribution in [3.8, 4) is 0 Å². The van der Waals surface area contributed by atoms with Gasteiger partial charge in [0.2, 0.25) is 0 Å². The van der Waals surface area contributed by atoms with Crippen LogP contribution in [0.15, 0.2) is 97.2 Å². The molecule has 0 aliphatic heterocycles. The molecule has 0 fully saturated rings. The van der Waals surface area contributed by atoms with Crippen LogP contribution in [0.2, 0.25) is 0 Å². The number of hydrogen-bond donors (Lipinski definition) is 1. The number of esters is 1. The van der Waals surface area contributed by atoms with Crippen molar-refractivity contribution in [1.29, 1.82) is 0 Å². The summed E-state index contributed by atoms with van der Waals surface area (Å²) in [5.74, 6) is -0.226. The quantitative estimate of drug-likeness (QED) is 0.0392. The number of carbonyl (C=O) groups excluding carboxylic acids is 1. The molecule has 0 saturated carbocycles. The fourth-order valence-electron chi connectivity index (χ4n) is 5.48. The standard InChI is InChI=1S/C48H80O4/c1-3-5-7-9-11-13-15-17-19-21-22-23-24-25-26-27-28-30-32-34-36-38-40-42-44-51-46-47(45-49)52-48(50)43-41-39-37-35-33-31-29-20-18-16-14-12-10-8-6-4-2/h5,7,11,13-14,16-17,19-20,22-23,25-26,28-30,47,49H,3-4,6,8-10,12,15,18,21,24,27,31-46H2,1-2H3/b7-5-,13-11-,16-14-,19-17-,23-22-,26-25-,29-20-,30-28-. The van der Waals surface area contributed by atoms with E-state index in [2.05, 4.69) is 111 Å². The fraction of sp³-hybridized carbons (Fsp3) is 0.646. The van der Waals surface area contributed by atoms with Gasteiger partial charge in [-0.05, 0) is 96.3 Å². The molecule has 4 heteroatoms. The molecule has 0 saturated heterocycles. The average Bonchev–Trinajstić information content (AvgIpc) is 3.15. The predicted molar refractivity (Wildman–Crippen MR) is 228 cm³/mol. The number of allylic oxidation sites excluding steroid dienone is 16. The number of unbranched alkanes of at least 4 members (excludes halogenated alkanes) is 14. The van der Waals surface area contributed by atoms with Crippen LogP contribution >= 0.6 is 0 Å². The van der Waals surface area contributed by atoms with Crippen molar-refractivity contribution in [2.24, 2.45) is 0 Å². The first-order valence-corrected chi connectivity index (χ1v) is 21.3. The van der Waals surface area contributed by atoms with Gasteiger partial charge in [-0.1, -0.05) is 169 Å². The molecule has 52 heavy (non-hydrogen) atoms. The first-order chi connectivity index (χ1) is 25.7. The van der Waals surface area contributed by atoms with Crippen LogP contribution in [-0.2, 0) is 14.3 Å². The zero-order valence-electron chi connectivity index (χ0n) is 33.8. The molecular formula is C48H80O4. The lowest BCUT2D eigenvalue weighted by Crippen LogP contribution is -2.27. The smallest absolute Gasteiger partial charge is 0.306 e. The highest BCUT2D eigenvalue weighted by molar-refractivity contribution is 5.69. The van der Waals surface area contributed by atoms with E-state index in [-0.39, 0.29) is 19.2 Å². The summed E-state index contributed by atoms with van der Waals surface area (Å²) in [6.07, 6.45) is 63.2. The first kappa shape index (κ1) is 49.3. The lowest BCUT2D eigenvalue weighted by molar-refractivity contribution is -0.154. The second-order valence-corrected chi connectivity index (χ2v) is 13.7. The maximum atomic E-state index is 12.2. The maximum absolute atomic E-state index is 12.2. The van der Waals surface area contributed by atoms with Crippen LogP contribution in [0.25, 0.3) is 0 Å². The monoisotopic (exact) mass is 721 g/mol. The Hall–Kier alpha value is -2.69. The Morgan fingerprint density at radius 1 is 0.481 bits per heavy atom. The van der Waals surface area contributed by atoms with Gasteiger partial charge in [-0.2, -0.15) is 0 Å². The van der Waals surface area contributed by atoms with Crippen LogP contribution in [0.3, 0.4) is 0 Å². The second kappa shape index (κ2) is 44.5. The number of rotatable bonds is 38. The third-order valence-electron chi connectivity index (χ3n) is 8.64. The Balaban J connectivity index is 3.56. The van der Waals surface area contributed by atoms with E-state index in [9.17, 15) is 9.90 Å². The molecule has 0 bridgehead atoms.